The zero-order chi connectivity index (χ0) is 17.4. The van der Waals surface area contributed by atoms with Crippen molar-refractivity contribution in [2.75, 3.05) is 0 Å². The Hall–Kier alpha value is -3.28. The van der Waals surface area contributed by atoms with E-state index in [9.17, 15) is 9.59 Å². The van der Waals surface area contributed by atoms with Crippen LogP contribution >= 0.6 is 0 Å². The summed E-state index contributed by atoms with van der Waals surface area (Å²) >= 11 is 0. The van der Waals surface area contributed by atoms with Crippen molar-refractivity contribution in [2.45, 2.75) is 18.3 Å². The summed E-state index contributed by atoms with van der Waals surface area (Å²) in [5.41, 5.74) is 2.76. The number of hydrogen-bond donors (Lipinski definition) is 2. The second-order valence-corrected chi connectivity index (χ2v) is 6.12. The number of nitrogens with zero attached hydrogens (tertiary/aromatic N) is 2. The third-order valence-electron chi connectivity index (χ3n) is 4.56. The van der Waals surface area contributed by atoms with Crippen LogP contribution < -0.4 is 11.2 Å². The molecule has 2 atom stereocenters. The van der Waals surface area contributed by atoms with E-state index in [0.717, 1.165) is 17.7 Å². The standard InChI is InChI=1S/C19H16N4O2/c1-2-16-14(13-8-12(13)11-6-4-3-5-7-11)9-17(23-22-16)15-10-20-19(25)21-18(15)24/h2-7,9-10,12-13H,1,8H2,(H2,20,21,24,25)/t12-,13+/m1/s1. The summed E-state index contributed by atoms with van der Waals surface area (Å²) in [5, 5.41) is 8.33. The fourth-order valence-corrected chi connectivity index (χ4v) is 3.21. The van der Waals surface area contributed by atoms with Crippen LogP contribution in [0.2, 0.25) is 0 Å². The lowest BCUT2D eigenvalue weighted by Gasteiger charge is -2.07. The summed E-state index contributed by atoms with van der Waals surface area (Å²) < 4.78 is 0. The summed E-state index contributed by atoms with van der Waals surface area (Å²) in [6, 6.07) is 12.2. The lowest BCUT2D eigenvalue weighted by atomic mass is 10.0. The van der Waals surface area contributed by atoms with Crippen LogP contribution in [0.15, 0.2) is 58.8 Å². The molecule has 1 aliphatic carbocycles. The Morgan fingerprint density at radius 1 is 1.12 bits per heavy atom. The van der Waals surface area contributed by atoms with Gasteiger partial charge in [0.25, 0.3) is 5.56 Å². The first kappa shape index (κ1) is 15.3. The minimum Gasteiger partial charge on any atom is -0.313 e. The first-order chi connectivity index (χ1) is 12.2. The maximum absolute atomic E-state index is 12.0. The Morgan fingerprint density at radius 3 is 2.64 bits per heavy atom. The fraction of sp³-hybridized carbons (Fsp3) is 0.158. The van der Waals surface area contributed by atoms with Crippen LogP contribution in [0.3, 0.4) is 0 Å². The Bertz CT molecular complexity index is 1050. The molecule has 25 heavy (non-hydrogen) atoms. The molecule has 1 saturated carbocycles. The number of hydrogen-bond acceptors (Lipinski definition) is 4. The summed E-state index contributed by atoms with van der Waals surface area (Å²) in [5.74, 6) is 0.761. The molecule has 2 N–H and O–H groups in total. The monoisotopic (exact) mass is 332 g/mol. The molecule has 0 aliphatic heterocycles. The molecule has 3 aromatic rings. The molecule has 2 aromatic heterocycles. The quantitative estimate of drug-likeness (QED) is 0.767. The van der Waals surface area contributed by atoms with E-state index in [1.54, 1.807) is 6.08 Å². The molecule has 0 spiro atoms. The van der Waals surface area contributed by atoms with Crippen LogP contribution in [0.4, 0.5) is 0 Å². The molecule has 4 rings (SSSR count). The van der Waals surface area contributed by atoms with E-state index < -0.39 is 11.2 Å². The number of aromatic nitrogens is 4. The van der Waals surface area contributed by atoms with Gasteiger partial charge in [-0.05, 0) is 41.5 Å². The van der Waals surface area contributed by atoms with E-state index >= 15 is 0 Å². The van der Waals surface area contributed by atoms with E-state index in [1.165, 1.54) is 11.8 Å². The summed E-state index contributed by atoms with van der Waals surface area (Å²) in [4.78, 5) is 27.9. The molecule has 0 bridgehead atoms. The van der Waals surface area contributed by atoms with Crippen LogP contribution in [0, 0.1) is 0 Å². The van der Waals surface area contributed by atoms with Crippen molar-refractivity contribution in [3.8, 4) is 11.3 Å². The first-order valence-corrected chi connectivity index (χ1v) is 8.04. The van der Waals surface area contributed by atoms with Crippen molar-refractivity contribution in [3.63, 3.8) is 0 Å². The predicted octanol–water partition coefficient (Wildman–Crippen LogP) is 2.43. The van der Waals surface area contributed by atoms with Crippen LogP contribution in [-0.2, 0) is 0 Å². The van der Waals surface area contributed by atoms with Gasteiger partial charge < -0.3 is 4.98 Å². The summed E-state index contributed by atoms with van der Waals surface area (Å²) in [6.45, 7) is 3.81. The highest BCUT2D eigenvalue weighted by Crippen LogP contribution is 2.55. The zero-order valence-corrected chi connectivity index (χ0v) is 13.4. The number of nitrogens with one attached hydrogen (secondary N) is 2. The van der Waals surface area contributed by atoms with Gasteiger partial charge in [-0.25, -0.2) is 4.79 Å². The highest BCUT2D eigenvalue weighted by molar-refractivity contribution is 5.61. The highest BCUT2D eigenvalue weighted by atomic mass is 16.2. The maximum Gasteiger partial charge on any atom is 0.325 e. The molecule has 2 heterocycles. The van der Waals surface area contributed by atoms with Gasteiger partial charge in [0.1, 0.15) is 5.69 Å². The van der Waals surface area contributed by atoms with E-state index in [2.05, 4.69) is 38.9 Å². The van der Waals surface area contributed by atoms with Crippen LogP contribution in [0.25, 0.3) is 17.3 Å². The average Bonchev–Trinajstić information content (AvgIpc) is 3.43. The topological polar surface area (TPSA) is 91.5 Å². The van der Waals surface area contributed by atoms with E-state index in [-0.39, 0.29) is 0 Å². The van der Waals surface area contributed by atoms with Gasteiger partial charge in [-0.2, -0.15) is 5.10 Å². The lowest BCUT2D eigenvalue weighted by Crippen LogP contribution is -2.23. The smallest absolute Gasteiger partial charge is 0.313 e. The van der Waals surface area contributed by atoms with Gasteiger partial charge in [-0.15, -0.1) is 5.10 Å². The normalized spacial score (nSPS) is 18.7. The maximum atomic E-state index is 12.0. The molecule has 6 nitrogen and oxygen atoms in total. The molecule has 1 fully saturated rings. The number of H-pyrrole nitrogens is 2. The number of aromatic amines is 2. The van der Waals surface area contributed by atoms with Crippen molar-refractivity contribution in [1.82, 2.24) is 20.2 Å². The van der Waals surface area contributed by atoms with Crippen LogP contribution in [-0.4, -0.2) is 20.2 Å². The summed E-state index contributed by atoms with van der Waals surface area (Å²) in [6.07, 6.45) is 4.08. The van der Waals surface area contributed by atoms with E-state index in [1.807, 2.05) is 24.3 Å². The van der Waals surface area contributed by atoms with Gasteiger partial charge in [0, 0.05) is 6.20 Å². The van der Waals surface area contributed by atoms with Crippen molar-refractivity contribution in [3.05, 3.63) is 86.8 Å². The fourth-order valence-electron chi connectivity index (χ4n) is 3.21. The third-order valence-corrected chi connectivity index (χ3v) is 4.56. The Morgan fingerprint density at radius 2 is 1.92 bits per heavy atom. The van der Waals surface area contributed by atoms with Crippen LogP contribution in [0.1, 0.15) is 35.1 Å². The molecule has 124 valence electrons. The van der Waals surface area contributed by atoms with Gasteiger partial charge in [-0.1, -0.05) is 36.9 Å². The van der Waals surface area contributed by atoms with Gasteiger partial charge in [0.05, 0.1) is 11.3 Å². The molecule has 0 amide bonds. The Balaban J connectivity index is 1.74. The average molecular weight is 332 g/mol. The lowest BCUT2D eigenvalue weighted by molar-refractivity contribution is 0.941. The van der Waals surface area contributed by atoms with E-state index in [0.29, 0.717) is 23.1 Å². The largest absolute Gasteiger partial charge is 0.325 e. The number of benzene rings is 1. The zero-order valence-electron chi connectivity index (χ0n) is 13.4. The van der Waals surface area contributed by atoms with Gasteiger partial charge >= 0.3 is 5.69 Å². The van der Waals surface area contributed by atoms with E-state index in [4.69, 9.17) is 0 Å². The Labute approximate surface area is 143 Å². The van der Waals surface area contributed by atoms with Crippen molar-refractivity contribution < 1.29 is 0 Å². The summed E-state index contributed by atoms with van der Waals surface area (Å²) in [7, 11) is 0. The first-order valence-electron chi connectivity index (χ1n) is 8.04. The molecule has 0 radical (unpaired) electrons. The molecule has 1 aliphatic rings. The molecule has 0 unspecified atom stereocenters. The SMILES string of the molecule is C=Cc1nnc(-c2c[nH]c(=O)[nH]c2=O)cc1[C@H]1C[C@@H]1c1ccccc1. The van der Waals surface area contributed by atoms with Gasteiger partial charge in [0.2, 0.25) is 0 Å². The molecule has 6 heteroatoms. The predicted molar refractivity (Wildman–Crippen MR) is 95.3 cm³/mol. The van der Waals surface area contributed by atoms with Crippen molar-refractivity contribution in [1.29, 1.82) is 0 Å². The minimum absolute atomic E-state index is 0.292. The third kappa shape index (κ3) is 2.82. The molecular weight excluding hydrogens is 316 g/mol. The number of rotatable bonds is 4. The van der Waals surface area contributed by atoms with Gasteiger partial charge in [0.15, 0.2) is 0 Å². The molecule has 0 saturated heterocycles. The van der Waals surface area contributed by atoms with Gasteiger partial charge in [-0.3, -0.25) is 9.78 Å². The second-order valence-electron chi connectivity index (χ2n) is 6.12. The second kappa shape index (κ2) is 5.98. The molecular formula is C19H16N4O2. The van der Waals surface area contributed by atoms with Crippen molar-refractivity contribution in [2.24, 2.45) is 0 Å². The Kier molecular flexibility index (Phi) is 3.65. The van der Waals surface area contributed by atoms with Crippen molar-refractivity contribution >= 4 is 6.08 Å². The highest BCUT2D eigenvalue weighted by Gasteiger charge is 2.41. The minimum atomic E-state index is -0.545. The molecule has 1 aromatic carbocycles. The van der Waals surface area contributed by atoms with Crippen LogP contribution in [0.5, 0.6) is 0 Å².